The van der Waals surface area contributed by atoms with Gasteiger partial charge in [-0.1, -0.05) is 29.8 Å². The van der Waals surface area contributed by atoms with Gasteiger partial charge in [0.05, 0.1) is 4.90 Å². The van der Waals surface area contributed by atoms with Crippen LogP contribution in [0.5, 0.6) is 0 Å². The van der Waals surface area contributed by atoms with Gasteiger partial charge in [0.15, 0.2) is 0 Å². The maximum absolute atomic E-state index is 12.6. The second-order valence-electron chi connectivity index (χ2n) is 5.68. The van der Waals surface area contributed by atoms with E-state index in [1.54, 1.807) is 24.3 Å². The van der Waals surface area contributed by atoms with Crippen LogP contribution in [0.1, 0.15) is 36.1 Å². The standard InChI is InChI=1S/C17H18ClNO2S/c1-12(14-5-3-7-16(18)10-14)19-22(20,21)17-9-8-13-4-2-6-15(13)11-17/h3,5,7-12,19H,2,4,6H2,1H3/t12-/m0/s1. The summed E-state index contributed by atoms with van der Waals surface area (Å²) in [7, 11) is -3.54. The molecular formula is C17H18ClNO2S. The van der Waals surface area contributed by atoms with Gasteiger partial charge in [-0.3, -0.25) is 0 Å². The van der Waals surface area contributed by atoms with Crippen molar-refractivity contribution >= 4 is 21.6 Å². The van der Waals surface area contributed by atoms with E-state index in [1.165, 1.54) is 5.56 Å². The molecular weight excluding hydrogens is 318 g/mol. The number of fused-ring (bicyclic) bond motifs is 1. The van der Waals surface area contributed by atoms with E-state index in [2.05, 4.69) is 4.72 Å². The van der Waals surface area contributed by atoms with Crippen molar-refractivity contribution in [1.29, 1.82) is 0 Å². The average molecular weight is 336 g/mol. The predicted octanol–water partition coefficient (Wildman–Crippen LogP) is 3.87. The zero-order valence-corrected chi connectivity index (χ0v) is 13.9. The van der Waals surface area contributed by atoms with Crippen LogP contribution >= 0.6 is 11.6 Å². The summed E-state index contributed by atoms with van der Waals surface area (Å²) < 4.78 is 27.8. The molecule has 3 rings (SSSR count). The Morgan fingerprint density at radius 3 is 2.64 bits per heavy atom. The van der Waals surface area contributed by atoms with Gasteiger partial charge in [-0.05, 0) is 67.1 Å². The Bertz CT molecular complexity index is 802. The Kier molecular flexibility index (Phi) is 4.26. The molecule has 1 atom stereocenters. The molecule has 0 spiro atoms. The van der Waals surface area contributed by atoms with E-state index in [4.69, 9.17) is 11.6 Å². The molecule has 0 saturated carbocycles. The second-order valence-corrected chi connectivity index (χ2v) is 7.83. The molecule has 3 nitrogen and oxygen atoms in total. The molecule has 0 heterocycles. The lowest BCUT2D eigenvalue weighted by atomic mass is 10.1. The number of hydrogen-bond donors (Lipinski definition) is 1. The zero-order valence-electron chi connectivity index (χ0n) is 12.3. The topological polar surface area (TPSA) is 46.2 Å². The lowest BCUT2D eigenvalue weighted by Gasteiger charge is -2.15. The Labute approximate surface area is 136 Å². The normalized spacial score (nSPS) is 15.5. The van der Waals surface area contributed by atoms with Crippen LogP contribution in [0.4, 0.5) is 0 Å². The minimum Gasteiger partial charge on any atom is -0.207 e. The first-order chi connectivity index (χ1) is 10.5. The minimum absolute atomic E-state index is 0.335. The van der Waals surface area contributed by atoms with Crippen LogP contribution in [0.15, 0.2) is 47.4 Å². The van der Waals surface area contributed by atoms with Crippen molar-refractivity contribution in [3.05, 3.63) is 64.2 Å². The molecule has 2 aromatic rings. The molecule has 116 valence electrons. The molecule has 1 aliphatic rings. The van der Waals surface area contributed by atoms with Gasteiger partial charge in [-0.25, -0.2) is 13.1 Å². The minimum atomic E-state index is -3.54. The van der Waals surface area contributed by atoms with E-state index in [0.717, 1.165) is 30.4 Å². The monoisotopic (exact) mass is 335 g/mol. The molecule has 0 aromatic heterocycles. The van der Waals surface area contributed by atoms with Crippen molar-refractivity contribution in [3.63, 3.8) is 0 Å². The highest BCUT2D eigenvalue weighted by Gasteiger charge is 2.21. The summed E-state index contributed by atoms with van der Waals surface area (Å²) in [6.07, 6.45) is 3.11. The summed E-state index contributed by atoms with van der Waals surface area (Å²) in [5.74, 6) is 0. The first-order valence-electron chi connectivity index (χ1n) is 7.35. The molecule has 1 N–H and O–H groups in total. The fourth-order valence-electron chi connectivity index (χ4n) is 2.86. The van der Waals surface area contributed by atoms with Crippen LogP contribution in [0.3, 0.4) is 0 Å². The average Bonchev–Trinajstić information content (AvgIpc) is 2.94. The van der Waals surface area contributed by atoms with Gasteiger partial charge in [0.1, 0.15) is 0 Å². The third-order valence-corrected chi connectivity index (χ3v) is 5.83. The van der Waals surface area contributed by atoms with Gasteiger partial charge in [0.25, 0.3) is 0 Å². The third kappa shape index (κ3) is 3.19. The number of halogens is 1. The number of rotatable bonds is 4. The molecule has 22 heavy (non-hydrogen) atoms. The van der Waals surface area contributed by atoms with E-state index < -0.39 is 10.0 Å². The Morgan fingerprint density at radius 1 is 1.09 bits per heavy atom. The van der Waals surface area contributed by atoms with E-state index in [-0.39, 0.29) is 6.04 Å². The van der Waals surface area contributed by atoms with Crippen molar-refractivity contribution in [2.24, 2.45) is 0 Å². The maximum Gasteiger partial charge on any atom is 0.241 e. The van der Waals surface area contributed by atoms with E-state index >= 15 is 0 Å². The first kappa shape index (κ1) is 15.5. The molecule has 0 bridgehead atoms. The zero-order chi connectivity index (χ0) is 15.7. The van der Waals surface area contributed by atoms with Crippen LogP contribution in [-0.2, 0) is 22.9 Å². The van der Waals surface area contributed by atoms with Crippen LogP contribution in [0.25, 0.3) is 0 Å². The highest BCUT2D eigenvalue weighted by atomic mass is 35.5. The van der Waals surface area contributed by atoms with Gasteiger partial charge in [0, 0.05) is 11.1 Å². The van der Waals surface area contributed by atoms with Crippen molar-refractivity contribution < 1.29 is 8.42 Å². The fraction of sp³-hybridized carbons (Fsp3) is 0.294. The van der Waals surface area contributed by atoms with Crippen molar-refractivity contribution in [2.75, 3.05) is 0 Å². The summed E-state index contributed by atoms with van der Waals surface area (Å²) in [6.45, 7) is 1.82. The van der Waals surface area contributed by atoms with Gasteiger partial charge < -0.3 is 0 Å². The molecule has 5 heteroatoms. The Hall–Kier alpha value is -1.36. The van der Waals surface area contributed by atoms with Gasteiger partial charge >= 0.3 is 0 Å². The van der Waals surface area contributed by atoms with Crippen molar-refractivity contribution in [1.82, 2.24) is 4.72 Å². The van der Waals surface area contributed by atoms with E-state index in [9.17, 15) is 8.42 Å². The number of benzene rings is 2. The van der Waals surface area contributed by atoms with E-state index in [1.807, 2.05) is 25.1 Å². The summed E-state index contributed by atoms with van der Waals surface area (Å²) in [5.41, 5.74) is 3.26. The van der Waals surface area contributed by atoms with Crippen molar-refractivity contribution in [2.45, 2.75) is 37.1 Å². The Morgan fingerprint density at radius 2 is 1.86 bits per heavy atom. The molecule has 2 aromatic carbocycles. The maximum atomic E-state index is 12.6. The van der Waals surface area contributed by atoms with E-state index in [0.29, 0.717) is 9.92 Å². The third-order valence-electron chi connectivity index (χ3n) is 4.06. The molecule has 0 fully saturated rings. The summed E-state index contributed by atoms with van der Waals surface area (Å²) in [6, 6.07) is 12.3. The number of aryl methyl sites for hydroxylation is 2. The summed E-state index contributed by atoms with van der Waals surface area (Å²) in [5, 5.41) is 0.598. The van der Waals surface area contributed by atoms with Crippen LogP contribution in [0.2, 0.25) is 5.02 Å². The first-order valence-corrected chi connectivity index (χ1v) is 9.21. The number of sulfonamides is 1. The van der Waals surface area contributed by atoms with Crippen LogP contribution in [-0.4, -0.2) is 8.42 Å². The highest BCUT2D eigenvalue weighted by molar-refractivity contribution is 7.89. The number of nitrogens with one attached hydrogen (secondary N) is 1. The molecule has 0 aliphatic heterocycles. The lowest BCUT2D eigenvalue weighted by Crippen LogP contribution is -2.27. The quantitative estimate of drug-likeness (QED) is 0.922. The van der Waals surface area contributed by atoms with Crippen LogP contribution in [0, 0.1) is 0 Å². The molecule has 0 amide bonds. The van der Waals surface area contributed by atoms with Crippen LogP contribution < -0.4 is 4.72 Å². The molecule has 1 aliphatic carbocycles. The largest absolute Gasteiger partial charge is 0.241 e. The second kappa shape index (κ2) is 6.03. The molecule has 0 saturated heterocycles. The molecule has 0 radical (unpaired) electrons. The van der Waals surface area contributed by atoms with Gasteiger partial charge in [-0.2, -0.15) is 0 Å². The smallest absolute Gasteiger partial charge is 0.207 e. The highest BCUT2D eigenvalue weighted by Crippen LogP contribution is 2.26. The lowest BCUT2D eigenvalue weighted by molar-refractivity contribution is 0.567. The summed E-state index contributed by atoms with van der Waals surface area (Å²) >= 11 is 5.96. The van der Waals surface area contributed by atoms with Crippen molar-refractivity contribution in [3.8, 4) is 0 Å². The SMILES string of the molecule is C[C@H](NS(=O)(=O)c1ccc2c(c1)CCC2)c1cccc(Cl)c1. The fourth-order valence-corrected chi connectivity index (χ4v) is 4.34. The van der Waals surface area contributed by atoms with Gasteiger partial charge in [-0.15, -0.1) is 0 Å². The van der Waals surface area contributed by atoms with Gasteiger partial charge in [0.2, 0.25) is 10.0 Å². The summed E-state index contributed by atoms with van der Waals surface area (Å²) in [4.78, 5) is 0.335. The molecule has 0 unspecified atom stereocenters. The number of hydrogen-bond acceptors (Lipinski definition) is 2. The Balaban J connectivity index is 1.84. The predicted molar refractivity (Wildman–Crippen MR) is 88.7 cm³/mol.